The summed E-state index contributed by atoms with van der Waals surface area (Å²) in [6.45, 7) is 0. The highest BCUT2D eigenvalue weighted by atomic mass is 79.9. The molecule has 0 aliphatic rings. The van der Waals surface area contributed by atoms with Gasteiger partial charge >= 0.3 is 0 Å². The Kier molecular flexibility index (Phi) is 4.34. The fourth-order valence-corrected chi connectivity index (χ4v) is 2.68. The first-order chi connectivity index (χ1) is 9.07. The highest BCUT2D eigenvalue weighted by Crippen LogP contribution is 2.19. The molecule has 0 bridgehead atoms. The van der Waals surface area contributed by atoms with Crippen LogP contribution in [0.25, 0.3) is 6.08 Å². The number of pyridine rings is 1. The van der Waals surface area contributed by atoms with E-state index in [1.807, 2.05) is 30.3 Å². The predicted octanol–water partition coefficient (Wildman–Crippen LogP) is 3.26. The second-order valence-electron chi connectivity index (χ2n) is 3.69. The smallest absolute Gasteiger partial charge is 0.256 e. The average molecular weight is 339 g/mol. The van der Waals surface area contributed by atoms with Crippen LogP contribution in [0.15, 0.2) is 58.5 Å². The predicted molar refractivity (Wildman–Crippen MR) is 80.0 cm³/mol. The Balaban J connectivity index is 2.16. The summed E-state index contributed by atoms with van der Waals surface area (Å²) in [6.07, 6.45) is 3.04. The Labute approximate surface area is 120 Å². The average Bonchev–Trinajstić information content (AvgIpc) is 2.40. The van der Waals surface area contributed by atoms with Crippen LogP contribution in [0, 0.1) is 0 Å². The number of nitrogens with zero attached hydrogens (tertiary/aromatic N) is 1. The van der Waals surface area contributed by atoms with Crippen molar-refractivity contribution in [3.63, 3.8) is 0 Å². The van der Waals surface area contributed by atoms with Gasteiger partial charge in [0.1, 0.15) is 0 Å². The minimum atomic E-state index is -3.58. The molecule has 1 N–H and O–H groups in total. The summed E-state index contributed by atoms with van der Waals surface area (Å²) in [5.41, 5.74) is 0.813. The number of hydrogen-bond acceptors (Lipinski definition) is 3. The highest BCUT2D eigenvalue weighted by Gasteiger charge is 2.08. The van der Waals surface area contributed by atoms with Gasteiger partial charge in [-0.25, -0.2) is 13.4 Å². The number of nitrogens with one attached hydrogen (secondary N) is 1. The standard InChI is InChI=1S/C13H11BrN2O2S/c14-12-7-4-9-15-13(12)16-19(17,18)10-8-11-5-2-1-3-6-11/h1-10H,(H,15,16)/b10-8+. The Morgan fingerprint density at radius 1 is 1.11 bits per heavy atom. The Morgan fingerprint density at radius 3 is 2.53 bits per heavy atom. The van der Waals surface area contributed by atoms with Crippen molar-refractivity contribution in [2.45, 2.75) is 0 Å². The zero-order valence-electron chi connectivity index (χ0n) is 9.82. The lowest BCUT2D eigenvalue weighted by molar-refractivity contribution is 0.609. The molecule has 19 heavy (non-hydrogen) atoms. The molecule has 1 aromatic heterocycles. The van der Waals surface area contributed by atoms with Crippen molar-refractivity contribution in [3.8, 4) is 0 Å². The molecule has 0 atom stereocenters. The van der Waals surface area contributed by atoms with E-state index in [4.69, 9.17) is 0 Å². The second kappa shape index (κ2) is 5.99. The van der Waals surface area contributed by atoms with E-state index in [-0.39, 0.29) is 5.82 Å². The Morgan fingerprint density at radius 2 is 1.84 bits per heavy atom. The molecule has 98 valence electrons. The maximum absolute atomic E-state index is 11.9. The normalized spacial score (nSPS) is 11.6. The van der Waals surface area contributed by atoms with E-state index in [9.17, 15) is 8.42 Å². The van der Waals surface area contributed by atoms with Gasteiger partial charge < -0.3 is 0 Å². The van der Waals surface area contributed by atoms with Crippen LogP contribution in [0.4, 0.5) is 5.82 Å². The van der Waals surface area contributed by atoms with Crippen LogP contribution in [-0.4, -0.2) is 13.4 Å². The van der Waals surface area contributed by atoms with E-state index in [0.717, 1.165) is 11.0 Å². The minimum Gasteiger partial charge on any atom is -0.263 e. The van der Waals surface area contributed by atoms with Crippen molar-refractivity contribution in [3.05, 3.63) is 64.1 Å². The highest BCUT2D eigenvalue weighted by molar-refractivity contribution is 9.10. The van der Waals surface area contributed by atoms with Crippen molar-refractivity contribution in [2.24, 2.45) is 0 Å². The van der Waals surface area contributed by atoms with Crippen LogP contribution in [0.1, 0.15) is 5.56 Å². The van der Waals surface area contributed by atoms with E-state index in [1.54, 1.807) is 12.1 Å². The van der Waals surface area contributed by atoms with Gasteiger partial charge in [0.05, 0.1) is 9.88 Å². The fraction of sp³-hybridized carbons (Fsp3) is 0. The minimum absolute atomic E-state index is 0.264. The quantitative estimate of drug-likeness (QED) is 0.930. The largest absolute Gasteiger partial charge is 0.263 e. The number of halogens is 1. The molecule has 0 aliphatic carbocycles. The summed E-state index contributed by atoms with van der Waals surface area (Å²) in [5.74, 6) is 0.264. The first-order valence-corrected chi connectivity index (χ1v) is 7.77. The van der Waals surface area contributed by atoms with Gasteiger partial charge in [-0.05, 0) is 39.7 Å². The van der Waals surface area contributed by atoms with Gasteiger partial charge in [0.2, 0.25) is 0 Å². The number of hydrogen-bond donors (Lipinski definition) is 1. The summed E-state index contributed by atoms with van der Waals surface area (Å²) in [6, 6.07) is 12.6. The lowest BCUT2D eigenvalue weighted by Crippen LogP contribution is -2.10. The van der Waals surface area contributed by atoms with Gasteiger partial charge in [-0.3, -0.25) is 4.72 Å². The molecule has 0 radical (unpaired) electrons. The fourth-order valence-electron chi connectivity index (χ4n) is 1.36. The van der Waals surface area contributed by atoms with E-state index in [1.165, 1.54) is 12.3 Å². The zero-order chi connectivity index (χ0) is 13.7. The van der Waals surface area contributed by atoms with Gasteiger partial charge in [-0.15, -0.1) is 0 Å². The molecule has 0 aliphatic heterocycles. The van der Waals surface area contributed by atoms with Crippen LogP contribution in [-0.2, 0) is 10.0 Å². The molecule has 0 fully saturated rings. The van der Waals surface area contributed by atoms with Crippen LogP contribution in [0.5, 0.6) is 0 Å². The maximum atomic E-state index is 11.9. The number of sulfonamides is 1. The first kappa shape index (κ1) is 13.8. The van der Waals surface area contributed by atoms with Gasteiger partial charge in [0, 0.05) is 6.20 Å². The number of benzene rings is 1. The molecular formula is C13H11BrN2O2S. The van der Waals surface area contributed by atoms with E-state index >= 15 is 0 Å². The summed E-state index contributed by atoms with van der Waals surface area (Å²) in [4.78, 5) is 3.95. The summed E-state index contributed by atoms with van der Waals surface area (Å²) in [5, 5.41) is 1.11. The molecule has 4 nitrogen and oxygen atoms in total. The lowest BCUT2D eigenvalue weighted by Gasteiger charge is -2.04. The molecule has 0 amide bonds. The molecule has 2 rings (SSSR count). The number of aromatic nitrogens is 1. The third-order valence-corrected chi connectivity index (χ3v) is 3.85. The van der Waals surface area contributed by atoms with Crippen LogP contribution in [0.2, 0.25) is 0 Å². The Hall–Kier alpha value is -1.66. The zero-order valence-corrected chi connectivity index (χ0v) is 12.2. The molecule has 0 unspecified atom stereocenters. The van der Waals surface area contributed by atoms with Crippen molar-refractivity contribution >= 4 is 37.8 Å². The van der Waals surface area contributed by atoms with Crippen LogP contribution >= 0.6 is 15.9 Å². The summed E-state index contributed by atoms with van der Waals surface area (Å²) >= 11 is 3.23. The van der Waals surface area contributed by atoms with Gasteiger partial charge in [-0.1, -0.05) is 30.3 Å². The molecule has 0 spiro atoms. The van der Waals surface area contributed by atoms with Gasteiger partial charge in [0.15, 0.2) is 5.82 Å². The third-order valence-electron chi connectivity index (χ3n) is 2.24. The molecule has 0 saturated heterocycles. The van der Waals surface area contributed by atoms with Crippen LogP contribution < -0.4 is 4.72 Å². The van der Waals surface area contributed by atoms with Crippen molar-refractivity contribution in [1.29, 1.82) is 0 Å². The second-order valence-corrected chi connectivity index (χ2v) is 6.11. The molecule has 1 aromatic carbocycles. The van der Waals surface area contributed by atoms with Crippen molar-refractivity contribution in [1.82, 2.24) is 4.98 Å². The van der Waals surface area contributed by atoms with E-state index < -0.39 is 10.0 Å². The van der Waals surface area contributed by atoms with Crippen LogP contribution in [0.3, 0.4) is 0 Å². The topological polar surface area (TPSA) is 59.1 Å². The van der Waals surface area contributed by atoms with Crippen molar-refractivity contribution in [2.75, 3.05) is 4.72 Å². The monoisotopic (exact) mass is 338 g/mol. The van der Waals surface area contributed by atoms with Gasteiger partial charge in [0.25, 0.3) is 10.0 Å². The summed E-state index contributed by atoms with van der Waals surface area (Å²) in [7, 11) is -3.58. The van der Waals surface area contributed by atoms with Crippen molar-refractivity contribution < 1.29 is 8.42 Å². The first-order valence-electron chi connectivity index (χ1n) is 5.43. The lowest BCUT2D eigenvalue weighted by atomic mass is 10.2. The summed E-state index contributed by atoms with van der Waals surface area (Å²) < 4.78 is 26.7. The Bertz CT molecular complexity index is 685. The van der Waals surface area contributed by atoms with Gasteiger partial charge in [-0.2, -0.15) is 0 Å². The molecule has 0 saturated carbocycles. The molecule has 1 heterocycles. The number of anilines is 1. The van der Waals surface area contributed by atoms with E-state index in [2.05, 4.69) is 25.6 Å². The SMILES string of the molecule is O=S(=O)(/C=C/c1ccccc1)Nc1ncccc1Br. The molecular weight excluding hydrogens is 328 g/mol. The molecule has 6 heteroatoms. The maximum Gasteiger partial charge on any atom is 0.256 e. The number of rotatable bonds is 4. The third kappa shape index (κ3) is 4.18. The van der Waals surface area contributed by atoms with E-state index in [0.29, 0.717) is 4.47 Å². The molecule has 2 aromatic rings.